The van der Waals surface area contributed by atoms with Gasteiger partial charge in [0.25, 0.3) is 0 Å². The van der Waals surface area contributed by atoms with Crippen molar-refractivity contribution in [1.82, 2.24) is 10.2 Å². The van der Waals surface area contributed by atoms with Crippen molar-refractivity contribution >= 4 is 23.3 Å². The lowest BCUT2D eigenvalue weighted by Crippen LogP contribution is -2.46. The van der Waals surface area contributed by atoms with Crippen LogP contribution in [-0.2, 0) is 11.3 Å². The molecule has 1 aliphatic rings. The predicted octanol–water partition coefficient (Wildman–Crippen LogP) is 3.07. The number of rotatable bonds is 8. The Labute approximate surface area is 129 Å². The zero-order valence-corrected chi connectivity index (χ0v) is 13.1. The Morgan fingerprint density at radius 3 is 2.81 bits per heavy atom. The minimum absolute atomic E-state index is 0.0173. The largest absolute Gasteiger partial charge is 0.481 e. The highest BCUT2D eigenvalue weighted by molar-refractivity contribution is 7.07. The van der Waals surface area contributed by atoms with Crippen LogP contribution in [0.15, 0.2) is 16.8 Å². The molecule has 0 aliphatic heterocycles. The molecule has 0 bridgehead atoms. The smallest absolute Gasteiger partial charge is 0.318 e. The van der Waals surface area contributed by atoms with Crippen LogP contribution in [0, 0.1) is 0 Å². The van der Waals surface area contributed by atoms with Crippen molar-refractivity contribution in [1.29, 1.82) is 0 Å². The molecule has 1 heterocycles. The lowest BCUT2D eigenvalue weighted by atomic mass is 10.1. The van der Waals surface area contributed by atoms with Gasteiger partial charge < -0.3 is 15.3 Å². The molecule has 0 spiro atoms. The second-order valence-corrected chi connectivity index (χ2v) is 6.30. The third kappa shape index (κ3) is 5.04. The quantitative estimate of drug-likeness (QED) is 0.775. The normalized spacial score (nSPS) is 15.5. The molecule has 1 fully saturated rings. The number of nitrogens with zero attached hydrogens (tertiary/aromatic N) is 1. The maximum absolute atomic E-state index is 12.4. The average Bonchev–Trinajstić information content (AvgIpc) is 3.12. The van der Waals surface area contributed by atoms with Crippen LogP contribution in [0.1, 0.15) is 44.6 Å². The highest BCUT2D eigenvalue weighted by Crippen LogP contribution is 2.29. The maximum atomic E-state index is 12.4. The molecular formula is C15H22N2O3S. The number of thiophene rings is 1. The van der Waals surface area contributed by atoms with E-state index in [-0.39, 0.29) is 18.5 Å². The minimum atomic E-state index is -0.871. The van der Waals surface area contributed by atoms with Gasteiger partial charge in [-0.1, -0.05) is 13.3 Å². The van der Waals surface area contributed by atoms with E-state index in [1.165, 1.54) is 0 Å². The summed E-state index contributed by atoms with van der Waals surface area (Å²) >= 11 is 1.62. The van der Waals surface area contributed by atoms with Gasteiger partial charge >= 0.3 is 12.0 Å². The lowest BCUT2D eigenvalue weighted by molar-refractivity contribution is -0.137. The molecule has 2 rings (SSSR count). The number of carboxylic acid groups (broad SMARTS) is 1. The van der Waals surface area contributed by atoms with Crippen LogP contribution >= 0.6 is 11.3 Å². The molecule has 1 aromatic rings. The molecule has 116 valence electrons. The summed E-state index contributed by atoms with van der Waals surface area (Å²) < 4.78 is 0. The standard InChI is InChI=1S/C15H22N2O3S/c1-2-3-12(8-14(18)19)16-15(20)17(13-4-5-13)9-11-6-7-21-10-11/h6-7,10,12-13H,2-5,8-9H2,1H3,(H,16,20)(H,18,19). The van der Waals surface area contributed by atoms with Crippen molar-refractivity contribution in [3.8, 4) is 0 Å². The summed E-state index contributed by atoms with van der Waals surface area (Å²) in [6.45, 7) is 2.59. The Kier molecular flexibility index (Phi) is 5.61. The molecule has 1 atom stereocenters. The predicted molar refractivity (Wildman–Crippen MR) is 82.4 cm³/mol. The molecule has 0 aromatic carbocycles. The number of urea groups is 1. The number of aliphatic carboxylic acids is 1. The first-order valence-corrected chi connectivity index (χ1v) is 8.34. The van der Waals surface area contributed by atoms with Crippen molar-refractivity contribution in [3.05, 3.63) is 22.4 Å². The SMILES string of the molecule is CCCC(CC(=O)O)NC(=O)N(Cc1ccsc1)C1CC1. The first-order valence-electron chi connectivity index (χ1n) is 7.40. The summed E-state index contributed by atoms with van der Waals surface area (Å²) in [5, 5.41) is 15.9. The molecule has 6 heteroatoms. The molecule has 2 amide bonds. The molecule has 1 aromatic heterocycles. The summed E-state index contributed by atoms with van der Waals surface area (Å²) in [4.78, 5) is 25.2. The van der Waals surface area contributed by atoms with Crippen LogP contribution in [0.4, 0.5) is 4.79 Å². The van der Waals surface area contributed by atoms with Gasteiger partial charge in [-0.05, 0) is 41.7 Å². The highest BCUT2D eigenvalue weighted by Gasteiger charge is 2.33. The van der Waals surface area contributed by atoms with E-state index in [9.17, 15) is 9.59 Å². The number of amides is 2. The van der Waals surface area contributed by atoms with Crippen LogP contribution in [0.2, 0.25) is 0 Å². The van der Waals surface area contributed by atoms with Crippen LogP contribution in [-0.4, -0.2) is 34.1 Å². The van der Waals surface area contributed by atoms with Gasteiger partial charge in [0.2, 0.25) is 0 Å². The van der Waals surface area contributed by atoms with E-state index < -0.39 is 5.97 Å². The van der Waals surface area contributed by atoms with E-state index in [0.29, 0.717) is 19.0 Å². The number of nitrogens with one attached hydrogen (secondary N) is 1. The van der Waals surface area contributed by atoms with E-state index in [0.717, 1.165) is 24.8 Å². The van der Waals surface area contributed by atoms with Gasteiger partial charge in [-0.25, -0.2) is 4.79 Å². The second kappa shape index (κ2) is 7.45. The van der Waals surface area contributed by atoms with Gasteiger partial charge in [-0.2, -0.15) is 11.3 Å². The Bertz CT molecular complexity index is 471. The van der Waals surface area contributed by atoms with Crippen LogP contribution in [0.25, 0.3) is 0 Å². The van der Waals surface area contributed by atoms with Crippen LogP contribution in [0.5, 0.6) is 0 Å². The Hall–Kier alpha value is -1.56. The van der Waals surface area contributed by atoms with Gasteiger partial charge in [0.1, 0.15) is 0 Å². The molecule has 1 saturated carbocycles. The number of carbonyl (C=O) groups is 2. The first-order chi connectivity index (χ1) is 10.1. The van der Waals surface area contributed by atoms with Gasteiger partial charge in [-0.3, -0.25) is 4.79 Å². The molecule has 1 aliphatic carbocycles. The van der Waals surface area contributed by atoms with Gasteiger partial charge in [0.15, 0.2) is 0 Å². The average molecular weight is 310 g/mol. The fourth-order valence-electron chi connectivity index (χ4n) is 2.37. The van der Waals surface area contributed by atoms with Crippen molar-refractivity contribution < 1.29 is 14.7 Å². The van der Waals surface area contributed by atoms with Crippen molar-refractivity contribution in [2.24, 2.45) is 0 Å². The molecule has 0 radical (unpaired) electrons. The third-order valence-electron chi connectivity index (χ3n) is 3.57. The molecule has 5 nitrogen and oxygen atoms in total. The summed E-state index contributed by atoms with van der Waals surface area (Å²) in [6.07, 6.45) is 3.60. The Balaban J connectivity index is 1.95. The zero-order valence-electron chi connectivity index (χ0n) is 12.2. The summed E-state index contributed by atoms with van der Waals surface area (Å²) in [6, 6.07) is 1.90. The van der Waals surface area contributed by atoms with Gasteiger partial charge in [-0.15, -0.1) is 0 Å². The van der Waals surface area contributed by atoms with Crippen LogP contribution < -0.4 is 5.32 Å². The molecule has 21 heavy (non-hydrogen) atoms. The number of carbonyl (C=O) groups excluding carboxylic acids is 1. The number of carboxylic acids is 1. The fourth-order valence-corrected chi connectivity index (χ4v) is 3.03. The molecule has 2 N–H and O–H groups in total. The minimum Gasteiger partial charge on any atom is -0.481 e. The molecule has 1 unspecified atom stereocenters. The number of hydrogen-bond donors (Lipinski definition) is 2. The van der Waals surface area contributed by atoms with Crippen molar-refractivity contribution in [2.45, 2.75) is 57.7 Å². The Morgan fingerprint density at radius 1 is 1.52 bits per heavy atom. The first kappa shape index (κ1) is 15.8. The second-order valence-electron chi connectivity index (χ2n) is 5.52. The third-order valence-corrected chi connectivity index (χ3v) is 4.30. The molecule has 0 saturated heterocycles. The Morgan fingerprint density at radius 2 is 2.29 bits per heavy atom. The topological polar surface area (TPSA) is 69.6 Å². The van der Waals surface area contributed by atoms with E-state index in [2.05, 4.69) is 5.32 Å². The zero-order chi connectivity index (χ0) is 15.2. The van der Waals surface area contributed by atoms with E-state index >= 15 is 0 Å². The maximum Gasteiger partial charge on any atom is 0.318 e. The summed E-state index contributed by atoms with van der Waals surface area (Å²) in [5.41, 5.74) is 1.13. The van der Waals surface area contributed by atoms with Gasteiger partial charge in [0.05, 0.1) is 6.42 Å². The fraction of sp³-hybridized carbons (Fsp3) is 0.600. The van der Waals surface area contributed by atoms with E-state index in [4.69, 9.17) is 5.11 Å². The van der Waals surface area contributed by atoms with Crippen molar-refractivity contribution in [2.75, 3.05) is 0 Å². The van der Waals surface area contributed by atoms with Gasteiger partial charge in [0, 0.05) is 18.6 Å². The van der Waals surface area contributed by atoms with E-state index in [1.807, 2.05) is 28.7 Å². The van der Waals surface area contributed by atoms with E-state index in [1.54, 1.807) is 11.3 Å². The molecular weight excluding hydrogens is 288 g/mol. The lowest BCUT2D eigenvalue weighted by Gasteiger charge is -2.25. The monoisotopic (exact) mass is 310 g/mol. The van der Waals surface area contributed by atoms with Crippen LogP contribution in [0.3, 0.4) is 0 Å². The summed E-state index contributed by atoms with van der Waals surface area (Å²) in [7, 11) is 0. The number of hydrogen-bond acceptors (Lipinski definition) is 3. The highest BCUT2D eigenvalue weighted by atomic mass is 32.1. The van der Waals surface area contributed by atoms with Crippen molar-refractivity contribution in [3.63, 3.8) is 0 Å². The summed E-state index contributed by atoms with van der Waals surface area (Å²) in [5.74, 6) is -0.871.